The number of rotatable bonds is 4. The van der Waals surface area contributed by atoms with Gasteiger partial charge in [-0.1, -0.05) is 11.6 Å². The van der Waals surface area contributed by atoms with Crippen LogP contribution in [0.4, 0.5) is 18.9 Å². The molecule has 0 spiro atoms. The fourth-order valence-electron chi connectivity index (χ4n) is 2.59. The molecule has 2 rings (SSSR count). The Morgan fingerprint density at radius 3 is 2.26 bits per heavy atom. The van der Waals surface area contributed by atoms with Gasteiger partial charge in [0.2, 0.25) is 0 Å². The number of halogens is 4. The molecule has 2 N–H and O–H groups in total. The maximum absolute atomic E-state index is 12.8. The number of benzene rings is 1. The zero-order valence-corrected chi connectivity index (χ0v) is 16.4. The minimum Gasteiger partial charge on any atom is -0.361 e. The van der Waals surface area contributed by atoms with Crippen LogP contribution in [0.2, 0.25) is 5.02 Å². The number of nitrogens with one attached hydrogen (secondary N) is 2. The smallest absolute Gasteiger partial charge is 0.361 e. The summed E-state index contributed by atoms with van der Waals surface area (Å²) < 4.78 is 66.2. The molecule has 0 bridgehead atoms. The van der Waals surface area contributed by atoms with Gasteiger partial charge in [0, 0.05) is 25.5 Å². The molecule has 2 aromatic rings. The maximum Gasteiger partial charge on any atom is 0.417 e. The molecule has 0 aliphatic heterocycles. The van der Waals surface area contributed by atoms with Crippen LogP contribution in [-0.4, -0.2) is 38.3 Å². The lowest BCUT2D eigenvalue weighted by molar-refractivity contribution is -0.137. The lowest BCUT2D eigenvalue weighted by Gasteiger charge is -2.15. The summed E-state index contributed by atoms with van der Waals surface area (Å²) in [6.45, 7) is 3.03. The minimum absolute atomic E-state index is 0.0389. The van der Waals surface area contributed by atoms with Gasteiger partial charge in [0.1, 0.15) is 4.90 Å². The highest BCUT2D eigenvalue weighted by molar-refractivity contribution is 7.92. The Balaban J connectivity index is 2.50. The summed E-state index contributed by atoms with van der Waals surface area (Å²) in [7, 11) is -1.31. The van der Waals surface area contributed by atoms with Gasteiger partial charge in [0.15, 0.2) is 0 Å². The highest BCUT2D eigenvalue weighted by Gasteiger charge is 2.34. The molecule has 6 nitrogen and oxygen atoms in total. The molecule has 1 amide bonds. The van der Waals surface area contributed by atoms with Crippen LogP contribution in [-0.2, 0) is 16.2 Å². The van der Waals surface area contributed by atoms with Gasteiger partial charge in [-0.2, -0.15) is 13.2 Å². The zero-order chi connectivity index (χ0) is 20.7. The van der Waals surface area contributed by atoms with E-state index in [-0.39, 0.29) is 21.8 Å². The van der Waals surface area contributed by atoms with Crippen molar-refractivity contribution in [3.63, 3.8) is 0 Å². The third kappa shape index (κ3) is 4.22. The number of anilines is 1. The van der Waals surface area contributed by atoms with Gasteiger partial charge in [-0.3, -0.25) is 9.52 Å². The molecular weight excluding hydrogens is 407 g/mol. The number of aromatic amines is 1. The van der Waals surface area contributed by atoms with Crippen LogP contribution in [0, 0.1) is 13.8 Å². The first-order valence-corrected chi connectivity index (χ1v) is 9.42. The Hall–Kier alpha value is -2.20. The van der Waals surface area contributed by atoms with E-state index in [0.29, 0.717) is 11.8 Å². The van der Waals surface area contributed by atoms with E-state index in [0.717, 1.165) is 12.1 Å². The standard InChI is InChI=1S/C16H17ClF3N3O3S/c1-8-13(15(24)23(3)4)14(9(2)21-8)27(25,26)22-10-5-6-11(12(17)7-10)16(18,19)20/h5-7,21-22H,1-4H3. The first-order chi connectivity index (χ1) is 12.3. The fraction of sp³-hybridized carbons (Fsp3) is 0.312. The number of nitrogens with zero attached hydrogens (tertiary/aromatic N) is 1. The molecule has 148 valence electrons. The number of carbonyl (C=O) groups excluding carboxylic acids is 1. The number of aromatic nitrogens is 1. The van der Waals surface area contributed by atoms with Crippen molar-refractivity contribution in [2.45, 2.75) is 24.9 Å². The average Bonchev–Trinajstić information content (AvgIpc) is 2.79. The molecule has 0 saturated heterocycles. The van der Waals surface area contributed by atoms with Crippen molar-refractivity contribution in [3.05, 3.63) is 45.7 Å². The number of aryl methyl sites for hydroxylation is 2. The van der Waals surface area contributed by atoms with E-state index in [9.17, 15) is 26.4 Å². The first-order valence-electron chi connectivity index (χ1n) is 7.56. The highest BCUT2D eigenvalue weighted by Crippen LogP contribution is 2.36. The van der Waals surface area contributed by atoms with Crippen molar-refractivity contribution in [1.82, 2.24) is 9.88 Å². The number of amides is 1. The van der Waals surface area contributed by atoms with Crippen LogP contribution < -0.4 is 4.72 Å². The molecule has 0 fully saturated rings. The fourth-order valence-corrected chi connectivity index (χ4v) is 4.38. The van der Waals surface area contributed by atoms with Crippen molar-refractivity contribution in [2.75, 3.05) is 18.8 Å². The van der Waals surface area contributed by atoms with Gasteiger partial charge in [-0.25, -0.2) is 8.42 Å². The summed E-state index contributed by atoms with van der Waals surface area (Å²) in [6.07, 6.45) is -4.66. The van der Waals surface area contributed by atoms with Crippen LogP contribution in [0.15, 0.2) is 23.1 Å². The average molecular weight is 424 g/mol. The Morgan fingerprint density at radius 2 is 1.78 bits per heavy atom. The Kier molecular flexibility index (Phi) is 5.53. The molecule has 1 heterocycles. The van der Waals surface area contributed by atoms with E-state index < -0.39 is 32.7 Å². The second-order valence-corrected chi connectivity index (χ2v) is 8.10. The Morgan fingerprint density at radius 1 is 1.19 bits per heavy atom. The summed E-state index contributed by atoms with van der Waals surface area (Å²) in [5.74, 6) is -0.525. The van der Waals surface area contributed by atoms with E-state index in [1.807, 2.05) is 0 Å². The molecule has 0 saturated carbocycles. The van der Waals surface area contributed by atoms with Gasteiger partial charge < -0.3 is 9.88 Å². The monoisotopic (exact) mass is 423 g/mol. The number of sulfonamides is 1. The van der Waals surface area contributed by atoms with Crippen LogP contribution in [0.5, 0.6) is 0 Å². The quantitative estimate of drug-likeness (QED) is 0.784. The first kappa shape index (κ1) is 21.1. The third-order valence-corrected chi connectivity index (χ3v) is 5.60. The molecule has 0 radical (unpaired) electrons. The highest BCUT2D eigenvalue weighted by atomic mass is 35.5. The lowest BCUT2D eigenvalue weighted by Crippen LogP contribution is -2.25. The van der Waals surface area contributed by atoms with Gasteiger partial charge >= 0.3 is 6.18 Å². The summed E-state index contributed by atoms with van der Waals surface area (Å²) in [5.41, 5.74) is -0.693. The number of alkyl halides is 3. The van der Waals surface area contributed by atoms with Crippen LogP contribution in [0.25, 0.3) is 0 Å². The molecule has 27 heavy (non-hydrogen) atoms. The summed E-state index contributed by atoms with van der Waals surface area (Å²) in [6, 6.07) is 2.50. The van der Waals surface area contributed by atoms with Crippen molar-refractivity contribution >= 4 is 33.2 Å². The minimum atomic E-state index is -4.66. The van der Waals surface area contributed by atoms with E-state index in [2.05, 4.69) is 9.71 Å². The zero-order valence-electron chi connectivity index (χ0n) is 14.8. The number of carbonyl (C=O) groups is 1. The summed E-state index contributed by atoms with van der Waals surface area (Å²) in [5, 5.41) is -0.644. The molecule has 0 atom stereocenters. The molecule has 0 unspecified atom stereocenters. The van der Waals surface area contributed by atoms with Gasteiger partial charge in [0.25, 0.3) is 15.9 Å². The van der Waals surface area contributed by atoms with E-state index in [4.69, 9.17) is 11.6 Å². The SMILES string of the molecule is Cc1[nH]c(C)c(S(=O)(=O)Nc2ccc(C(F)(F)F)c(Cl)c2)c1C(=O)N(C)C. The van der Waals surface area contributed by atoms with Gasteiger partial charge in [-0.05, 0) is 32.0 Å². The van der Waals surface area contributed by atoms with E-state index >= 15 is 0 Å². The number of hydrogen-bond acceptors (Lipinski definition) is 3. The predicted octanol–water partition coefficient (Wildman–Crippen LogP) is 3.81. The topological polar surface area (TPSA) is 82.3 Å². The molecule has 0 aliphatic carbocycles. The van der Waals surface area contributed by atoms with Crippen molar-refractivity contribution < 1.29 is 26.4 Å². The van der Waals surface area contributed by atoms with Gasteiger partial charge in [-0.15, -0.1) is 0 Å². The lowest BCUT2D eigenvalue weighted by atomic mass is 10.2. The second-order valence-electron chi connectivity index (χ2n) is 6.08. The number of H-pyrrole nitrogens is 1. The molecule has 0 aliphatic rings. The van der Waals surface area contributed by atoms with E-state index in [1.54, 1.807) is 6.92 Å². The Labute approximate surface area is 159 Å². The van der Waals surface area contributed by atoms with Crippen LogP contribution in [0.3, 0.4) is 0 Å². The van der Waals surface area contributed by atoms with Gasteiger partial charge in [0.05, 0.1) is 21.8 Å². The molecule has 1 aromatic heterocycles. The van der Waals surface area contributed by atoms with Crippen molar-refractivity contribution in [2.24, 2.45) is 0 Å². The number of hydrogen-bond donors (Lipinski definition) is 2. The summed E-state index contributed by atoms with van der Waals surface area (Å²) >= 11 is 5.63. The van der Waals surface area contributed by atoms with Crippen molar-refractivity contribution in [1.29, 1.82) is 0 Å². The molecular formula is C16H17ClF3N3O3S. The van der Waals surface area contributed by atoms with Crippen LogP contribution in [0.1, 0.15) is 27.3 Å². The normalized spacial score (nSPS) is 12.1. The van der Waals surface area contributed by atoms with E-state index in [1.165, 1.54) is 25.9 Å². The Bertz CT molecular complexity index is 998. The predicted molar refractivity (Wildman–Crippen MR) is 95.5 cm³/mol. The van der Waals surface area contributed by atoms with Crippen LogP contribution >= 0.6 is 11.6 Å². The summed E-state index contributed by atoms with van der Waals surface area (Å²) in [4.78, 5) is 16.1. The maximum atomic E-state index is 12.8. The molecule has 1 aromatic carbocycles. The largest absolute Gasteiger partial charge is 0.417 e. The second kappa shape index (κ2) is 7.08. The molecule has 11 heteroatoms. The van der Waals surface area contributed by atoms with Crippen molar-refractivity contribution in [3.8, 4) is 0 Å². The third-order valence-electron chi connectivity index (χ3n) is 3.73.